The quantitative estimate of drug-likeness (QED) is 0.822. The van der Waals surface area contributed by atoms with Crippen LogP contribution >= 0.6 is 0 Å². The van der Waals surface area contributed by atoms with Gasteiger partial charge in [0.15, 0.2) is 5.78 Å². The van der Waals surface area contributed by atoms with Gasteiger partial charge < -0.3 is 9.72 Å². The van der Waals surface area contributed by atoms with Gasteiger partial charge in [-0.3, -0.25) is 4.79 Å². The Labute approximate surface area is 119 Å². The average Bonchev–Trinajstić information content (AvgIpc) is 3.13. The molecule has 1 saturated carbocycles. The van der Waals surface area contributed by atoms with E-state index >= 15 is 0 Å². The second-order valence-electron chi connectivity index (χ2n) is 5.58. The first-order chi connectivity index (χ1) is 9.81. The number of aromatic nitrogens is 1. The van der Waals surface area contributed by atoms with Crippen LogP contribution in [0, 0.1) is 5.92 Å². The van der Waals surface area contributed by atoms with E-state index in [1.165, 1.54) is 12.8 Å². The lowest BCUT2D eigenvalue weighted by Gasteiger charge is -2.10. The van der Waals surface area contributed by atoms with Crippen molar-refractivity contribution in [3.05, 3.63) is 30.0 Å². The summed E-state index contributed by atoms with van der Waals surface area (Å²) in [5.74, 6) is 1.31. The van der Waals surface area contributed by atoms with Crippen molar-refractivity contribution in [3.8, 4) is 5.75 Å². The summed E-state index contributed by atoms with van der Waals surface area (Å²) >= 11 is 0. The molecule has 3 heteroatoms. The van der Waals surface area contributed by atoms with Crippen LogP contribution in [0.2, 0.25) is 0 Å². The van der Waals surface area contributed by atoms with Crippen molar-refractivity contribution in [1.29, 1.82) is 0 Å². The highest BCUT2D eigenvalue weighted by Gasteiger charge is 2.26. The molecule has 0 radical (unpaired) electrons. The summed E-state index contributed by atoms with van der Waals surface area (Å²) in [5, 5.41) is 0.956. The zero-order valence-corrected chi connectivity index (χ0v) is 11.9. The molecule has 3 rings (SSSR count). The molecule has 0 saturated heterocycles. The summed E-state index contributed by atoms with van der Waals surface area (Å²) in [4.78, 5) is 15.9. The predicted molar refractivity (Wildman–Crippen MR) is 80.4 cm³/mol. The third kappa shape index (κ3) is 2.33. The number of H-pyrrole nitrogens is 1. The van der Waals surface area contributed by atoms with Gasteiger partial charge in [0.05, 0.1) is 12.0 Å². The fourth-order valence-electron chi connectivity index (χ4n) is 3.09. The minimum Gasteiger partial charge on any atom is -0.493 e. The van der Waals surface area contributed by atoms with E-state index in [-0.39, 0.29) is 11.7 Å². The van der Waals surface area contributed by atoms with Gasteiger partial charge in [-0.25, -0.2) is 0 Å². The van der Waals surface area contributed by atoms with E-state index in [1.54, 1.807) is 0 Å². The van der Waals surface area contributed by atoms with E-state index < -0.39 is 0 Å². The number of hydrogen-bond donors (Lipinski definition) is 1. The molecule has 106 valence electrons. The third-order valence-corrected chi connectivity index (χ3v) is 4.12. The molecule has 0 spiro atoms. The van der Waals surface area contributed by atoms with E-state index in [9.17, 15) is 4.79 Å². The highest BCUT2D eigenvalue weighted by atomic mass is 16.5. The van der Waals surface area contributed by atoms with Crippen LogP contribution in [-0.4, -0.2) is 17.4 Å². The lowest BCUT2D eigenvalue weighted by Crippen LogP contribution is -2.10. The average molecular weight is 271 g/mol. The highest BCUT2D eigenvalue weighted by molar-refractivity contribution is 6.10. The number of aromatic amines is 1. The molecular weight excluding hydrogens is 250 g/mol. The van der Waals surface area contributed by atoms with Gasteiger partial charge in [-0.15, -0.1) is 0 Å². The van der Waals surface area contributed by atoms with Crippen LogP contribution in [0.5, 0.6) is 5.75 Å². The van der Waals surface area contributed by atoms with Gasteiger partial charge in [0.25, 0.3) is 0 Å². The number of rotatable bonds is 5. The van der Waals surface area contributed by atoms with E-state index in [1.807, 2.05) is 24.4 Å². The fourth-order valence-corrected chi connectivity index (χ4v) is 3.09. The van der Waals surface area contributed by atoms with Crippen LogP contribution < -0.4 is 4.74 Å². The molecule has 0 bridgehead atoms. The van der Waals surface area contributed by atoms with Gasteiger partial charge >= 0.3 is 0 Å². The molecule has 20 heavy (non-hydrogen) atoms. The molecule has 0 aliphatic heterocycles. The Bertz CT molecular complexity index is 608. The maximum atomic E-state index is 12.7. The Balaban J connectivity index is 1.99. The summed E-state index contributed by atoms with van der Waals surface area (Å²) in [6, 6.07) is 5.92. The van der Waals surface area contributed by atoms with Gasteiger partial charge in [0, 0.05) is 23.2 Å². The Kier molecular flexibility index (Phi) is 3.77. The van der Waals surface area contributed by atoms with E-state index in [0.717, 1.165) is 41.5 Å². The molecule has 1 fully saturated rings. The summed E-state index contributed by atoms with van der Waals surface area (Å²) in [7, 11) is 0. The van der Waals surface area contributed by atoms with Crippen LogP contribution in [0.15, 0.2) is 24.4 Å². The fraction of sp³-hybridized carbons (Fsp3) is 0.471. The van der Waals surface area contributed by atoms with Gasteiger partial charge in [0.2, 0.25) is 0 Å². The first kappa shape index (κ1) is 13.2. The van der Waals surface area contributed by atoms with Gasteiger partial charge in [-0.2, -0.15) is 0 Å². The second kappa shape index (κ2) is 5.70. The SMILES string of the molecule is CCCOc1cccc2[nH]cc(C(=O)C3CCCC3)c12. The number of Topliss-reactive ketones (excluding diaryl/α,β-unsaturated/α-hetero) is 1. The zero-order valence-electron chi connectivity index (χ0n) is 11.9. The summed E-state index contributed by atoms with van der Waals surface area (Å²) < 4.78 is 5.81. The first-order valence-electron chi connectivity index (χ1n) is 7.58. The molecule has 0 amide bonds. The maximum absolute atomic E-state index is 12.7. The smallest absolute Gasteiger partial charge is 0.168 e. The predicted octanol–water partition coefficient (Wildman–Crippen LogP) is 4.33. The Morgan fingerprint density at radius 3 is 2.90 bits per heavy atom. The van der Waals surface area contributed by atoms with Crippen molar-refractivity contribution >= 4 is 16.7 Å². The third-order valence-electron chi connectivity index (χ3n) is 4.12. The highest BCUT2D eigenvalue weighted by Crippen LogP contribution is 2.34. The molecule has 3 nitrogen and oxygen atoms in total. The Morgan fingerprint density at radius 2 is 2.15 bits per heavy atom. The molecule has 1 N–H and O–H groups in total. The van der Waals surface area contributed by atoms with Gasteiger partial charge in [0.1, 0.15) is 5.75 Å². The van der Waals surface area contributed by atoms with E-state index in [0.29, 0.717) is 6.61 Å². The minimum atomic E-state index is 0.202. The molecule has 2 aromatic rings. The molecule has 1 aromatic heterocycles. The van der Waals surface area contributed by atoms with Gasteiger partial charge in [-0.05, 0) is 31.4 Å². The van der Waals surface area contributed by atoms with Crippen LogP contribution in [0.1, 0.15) is 49.4 Å². The number of ketones is 1. The molecule has 0 atom stereocenters. The van der Waals surface area contributed by atoms with Crippen molar-refractivity contribution in [3.63, 3.8) is 0 Å². The minimum absolute atomic E-state index is 0.202. The number of nitrogens with one attached hydrogen (secondary N) is 1. The molecule has 1 aromatic carbocycles. The van der Waals surface area contributed by atoms with Crippen molar-refractivity contribution in [2.45, 2.75) is 39.0 Å². The lowest BCUT2D eigenvalue weighted by atomic mass is 9.96. The number of carbonyl (C=O) groups excluding carboxylic acids is 1. The van der Waals surface area contributed by atoms with Crippen molar-refractivity contribution in [2.75, 3.05) is 6.61 Å². The molecule has 0 unspecified atom stereocenters. The monoisotopic (exact) mass is 271 g/mol. The lowest BCUT2D eigenvalue weighted by molar-refractivity contribution is 0.0924. The molecule has 1 heterocycles. The van der Waals surface area contributed by atoms with Crippen molar-refractivity contribution < 1.29 is 9.53 Å². The number of ether oxygens (including phenoxy) is 1. The van der Waals surface area contributed by atoms with Crippen LogP contribution in [0.25, 0.3) is 10.9 Å². The number of hydrogen-bond acceptors (Lipinski definition) is 2. The van der Waals surface area contributed by atoms with E-state index in [4.69, 9.17) is 4.74 Å². The molecule has 1 aliphatic carbocycles. The van der Waals surface area contributed by atoms with Crippen LogP contribution in [0.4, 0.5) is 0 Å². The second-order valence-corrected chi connectivity index (χ2v) is 5.58. The number of benzene rings is 1. The van der Waals surface area contributed by atoms with Crippen molar-refractivity contribution in [1.82, 2.24) is 4.98 Å². The standard InChI is InChI=1S/C17H21NO2/c1-2-10-20-15-9-5-8-14-16(15)13(11-18-14)17(19)12-6-3-4-7-12/h5,8-9,11-12,18H,2-4,6-7,10H2,1H3. The van der Waals surface area contributed by atoms with Gasteiger partial charge in [-0.1, -0.05) is 25.8 Å². The summed E-state index contributed by atoms with van der Waals surface area (Å²) in [6.07, 6.45) is 7.24. The summed E-state index contributed by atoms with van der Waals surface area (Å²) in [5.41, 5.74) is 1.79. The molecule has 1 aliphatic rings. The number of fused-ring (bicyclic) bond motifs is 1. The zero-order chi connectivity index (χ0) is 13.9. The Morgan fingerprint density at radius 1 is 1.35 bits per heavy atom. The largest absolute Gasteiger partial charge is 0.493 e. The van der Waals surface area contributed by atoms with Crippen LogP contribution in [-0.2, 0) is 0 Å². The molecular formula is C17H21NO2. The van der Waals surface area contributed by atoms with E-state index in [2.05, 4.69) is 11.9 Å². The van der Waals surface area contributed by atoms with Crippen molar-refractivity contribution in [2.24, 2.45) is 5.92 Å². The topological polar surface area (TPSA) is 42.1 Å². The summed E-state index contributed by atoms with van der Waals surface area (Å²) in [6.45, 7) is 2.77. The van der Waals surface area contributed by atoms with Crippen LogP contribution in [0.3, 0.4) is 0 Å². The maximum Gasteiger partial charge on any atom is 0.168 e. The Hall–Kier alpha value is -1.77. The number of carbonyl (C=O) groups is 1. The normalized spacial score (nSPS) is 15.8. The first-order valence-corrected chi connectivity index (χ1v) is 7.58.